The van der Waals surface area contributed by atoms with Crippen LogP contribution in [0.4, 0.5) is 0 Å². The average molecular weight is 306 g/mol. The molecule has 0 amide bonds. The van der Waals surface area contributed by atoms with Crippen molar-refractivity contribution in [2.75, 3.05) is 0 Å². The van der Waals surface area contributed by atoms with Crippen molar-refractivity contribution < 1.29 is 14.4 Å². The zero-order valence-corrected chi connectivity index (χ0v) is 11.4. The highest BCUT2D eigenvalue weighted by Gasteiger charge is 2.19. The van der Waals surface area contributed by atoms with Crippen molar-refractivity contribution in [2.45, 2.75) is 13.1 Å². The molecule has 3 N–H and O–H groups in total. The van der Waals surface area contributed by atoms with Gasteiger partial charge < -0.3 is 15.4 Å². The lowest BCUT2D eigenvalue weighted by atomic mass is 10.3. The third-order valence-corrected chi connectivity index (χ3v) is 3.45. The summed E-state index contributed by atoms with van der Waals surface area (Å²) in [5, 5.41) is 24.0. The molecule has 9 nitrogen and oxygen atoms in total. The van der Waals surface area contributed by atoms with Gasteiger partial charge in [-0.1, -0.05) is 10.4 Å². The summed E-state index contributed by atoms with van der Waals surface area (Å²) in [7, 11) is 0. The van der Waals surface area contributed by atoms with Gasteiger partial charge in [0.25, 0.3) is 0 Å². The number of thiophene rings is 1. The van der Waals surface area contributed by atoms with Gasteiger partial charge in [-0.25, -0.2) is 9.48 Å². The summed E-state index contributed by atoms with van der Waals surface area (Å²) in [5.41, 5.74) is 6.53. The number of aromatic carboxylic acids is 1. The highest BCUT2D eigenvalue weighted by Crippen LogP contribution is 2.19. The van der Waals surface area contributed by atoms with Crippen molar-refractivity contribution in [3.05, 3.63) is 34.1 Å². The largest absolute Gasteiger partial charge is 0.476 e. The minimum absolute atomic E-state index is 0.000157. The van der Waals surface area contributed by atoms with Crippen molar-refractivity contribution in [3.8, 4) is 11.4 Å². The molecule has 3 heterocycles. The molecule has 0 aliphatic carbocycles. The quantitative estimate of drug-likeness (QED) is 0.699. The second kappa shape index (κ2) is 5.42. The van der Waals surface area contributed by atoms with E-state index in [-0.39, 0.29) is 18.8 Å². The van der Waals surface area contributed by atoms with Crippen molar-refractivity contribution >= 4 is 17.3 Å². The summed E-state index contributed by atoms with van der Waals surface area (Å²) < 4.78 is 6.47. The number of carbonyl (C=O) groups is 1. The van der Waals surface area contributed by atoms with Crippen LogP contribution in [0, 0.1) is 0 Å². The highest BCUT2D eigenvalue weighted by molar-refractivity contribution is 7.08. The van der Waals surface area contributed by atoms with Gasteiger partial charge in [0.1, 0.15) is 6.54 Å². The van der Waals surface area contributed by atoms with Gasteiger partial charge in [-0.05, 0) is 11.4 Å². The monoisotopic (exact) mass is 306 g/mol. The molecule has 0 aromatic carbocycles. The van der Waals surface area contributed by atoms with Gasteiger partial charge in [0.05, 0.1) is 5.69 Å². The van der Waals surface area contributed by atoms with E-state index < -0.39 is 5.97 Å². The first-order valence-electron chi connectivity index (χ1n) is 5.90. The molecule has 10 heteroatoms. The Morgan fingerprint density at radius 1 is 1.52 bits per heavy atom. The molecule has 0 atom stereocenters. The standard InChI is InChI=1S/C11H10N6O3S/c12-3-7-9(11(18)19)14-16-17(7)4-8-13-10(15-20-8)6-1-2-21-5-6/h1-2,5H,3-4,12H2,(H,18,19). The van der Waals surface area contributed by atoms with E-state index in [1.807, 2.05) is 16.8 Å². The van der Waals surface area contributed by atoms with Crippen LogP contribution in [-0.4, -0.2) is 36.2 Å². The van der Waals surface area contributed by atoms with Gasteiger partial charge in [-0.3, -0.25) is 0 Å². The lowest BCUT2D eigenvalue weighted by Crippen LogP contribution is -2.13. The lowest BCUT2D eigenvalue weighted by molar-refractivity contribution is 0.0689. The van der Waals surface area contributed by atoms with E-state index in [0.29, 0.717) is 17.4 Å². The number of aromatic nitrogens is 5. The summed E-state index contributed by atoms with van der Waals surface area (Å²) in [6.45, 7) is 0.115. The van der Waals surface area contributed by atoms with E-state index in [1.54, 1.807) is 0 Å². The van der Waals surface area contributed by atoms with Gasteiger partial charge >= 0.3 is 5.97 Å². The topological polar surface area (TPSA) is 133 Å². The van der Waals surface area contributed by atoms with Crippen LogP contribution in [0.2, 0.25) is 0 Å². The molecule has 0 saturated heterocycles. The first-order chi connectivity index (χ1) is 10.2. The molecule has 0 unspecified atom stereocenters. The minimum atomic E-state index is -1.17. The van der Waals surface area contributed by atoms with E-state index >= 15 is 0 Å². The Balaban J connectivity index is 1.86. The molecule has 3 aromatic heterocycles. The Labute approximate surface area is 122 Å². The Hall–Kier alpha value is -2.59. The van der Waals surface area contributed by atoms with Crippen molar-refractivity contribution in [1.82, 2.24) is 25.1 Å². The average Bonchev–Trinajstić information content (AvgIpc) is 3.18. The number of rotatable bonds is 5. The molecule has 0 fully saturated rings. The number of hydrogen-bond donors (Lipinski definition) is 2. The summed E-state index contributed by atoms with van der Waals surface area (Å²) in [5.74, 6) is -0.405. The second-order valence-corrected chi connectivity index (χ2v) is 4.86. The Kier molecular flexibility index (Phi) is 3.46. The Morgan fingerprint density at radius 2 is 2.38 bits per heavy atom. The number of hydrogen-bond acceptors (Lipinski definition) is 8. The van der Waals surface area contributed by atoms with Crippen molar-refractivity contribution in [1.29, 1.82) is 0 Å². The third-order valence-electron chi connectivity index (χ3n) is 2.77. The molecule has 0 bridgehead atoms. The van der Waals surface area contributed by atoms with Crippen LogP contribution in [0.3, 0.4) is 0 Å². The SMILES string of the molecule is NCc1c(C(=O)O)nnn1Cc1nc(-c2ccsc2)no1. The van der Waals surface area contributed by atoms with Crippen LogP contribution in [-0.2, 0) is 13.1 Å². The van der Waals surface area contributed by atoms with Gasteiger partial charge in [0, 0.05) is 17.5 Å². The van der Waals surface area contributed by atoms with Gasteiger partial charge in [-0.2, -0.15) is 16.3 Å². The van der Waals surface area contributed by atoms with Crippen molar-refractivity contribution in [3.63, 3.8) is 0 Å². The first kappa shape index (κ1) is 13.4. The summed E-state index contributed by atoms with van der Waals surface area (Å²) in [4.78, 5) is 15.2. The number of nitrogens with two attached hydrogens (primary N) is 1. The molecule has 3 rings (SSSR count). The third kappa shape index (κ3) is 2.53. The molecule has 0 radical (unpaired) electrons. The first-order valence-corrected chi connectivity index (χ1v) is 6.84. The van der Waals surface area contributed by atoms with Gasteiger partial charge in [-0.15, -0.1) is 5.10 Å². The summed E-state index contributed by atoms with van der Waals surface area (Å²) in [6, 6.07) is 1.88. The fourth-order valence-electron chi connectivity index (χ4n) is 1.78. The molecular formula is C11H10N6O3S. The summed E-state index contributed by atoms with van der Waals surface area (Å²) >= 11 is 1.53. The molecule has 0 spiro atoms. The molecule has 0 aliphatic heterocycles. The van der Waals surface area contributed by atoms with Crippen LogP contribution in [0.5, 0.6) is 0 Å². The maximum atomic E-state index is 11.0. The van der Waals surface area contributed by atoms with Crippen LogP contribution in [0.15, 0.2) is 21.3 Å². The van der Waals surface area contributed by atoms with Crippen LogP contribution in [0.25, 0.3) is 11.4 Å². The van der Waals surface area contributed by atoms with Gasteiger partial charge in [0.2, 0.25) is 11.7 Å². The minimum Gasteiger partial charge on any atom is -0.476 e. The van der Waals surface area contributed by atoms with E-state index in [9.17, 15) is 4.79 Å². The van der Waals surface area contributed by atoms with Crippen LogP contribution >= 0.6 is 11.3 Å². The van der Waals surface area contributed by atoms with Crippen LogP contribution < -0.4 is 5.73 Å². The predicted octanol–water partition coefficient (Wildman–Crippen LogP) is 0.595. The highest BCUT2D eigenvalue weighted by atomic mass is 32.1. The predicted molar refractivity (Wildman–Crippen MR) is 71.6 cm³/mol. The molecule has 21 heavy (non-hydrogen) atoms. The smallest absolute Gasteiger partial charge is 0.358 e. The molecule has 0 aliphatic rings. The Bertz CT molecular complexity index is 763. The zero-order valence-electron chi connectivity index (χ0n) is 10.6. The molecule has 3 aromatic rings. The Morgan fingerprint density at radius 3 is 3.05 bits per heavy atom. The van der Waals surface area contributed by atoms with E-state index in [0.717, 1.165) is 5.56 Å². The normalized spacial score (nSPS) is 10.9. The molecule has 108 valence electrons. The molecule has 0 saturated carbocycles. The fourth-order valence-corrected chi connectivity index (χ4v) is 2.42. The van der Waals surface area contributed by atoms with Crippen molar-refractivity contribution in [2.24, 2.45) is 5.73 Å². The van der Waals surface area contributed by atoms with E-state index in [2.05, 4.69) is 20.5 Å². The maximum Gasteiger partial charge on any atom is 0.358 e. The van der Waals surface area contributed by atoms with E-state index in [4.69, 9.17) is 15.4 Å². The zero-order chi connectivity index (χ0) is 14.8. The van der Waals surface area contributed by atoms with E-state index in [1.165, 1.54) is 16.0 Å². The number of carboxylic acids is 1. The van der Waals surface area contributed by atoms with Crippen LogP contribution in [0.1, 0.15) is 22.1 Å². The second-order valence-electron chi connectivity index (χ2n) is 4.08. The number of nitrogens with zero attached hydrogens (tertiary/aromatic N) is 5. The number of carboxylic acid groups (broad SMARTS) is 1. The maximum absolute atomic E-state index is 11.0. The van der Waals surface area contributed by atoms with Gasteiger partial charge in [0.15, 0.2) is 5.69 Å². The molecular weight excluding hydrogens is 296 g/mol. The fraction of sp³-hybridized carbons (Fsp3) is 0.182. The summed E-state index contributed by atoms with van der Waals surface area (Å²) in [6.07, 6.45) is 0. The lowest BCUT2D eigenvalue weighted by Gasteiger charge is -2.00.